The average Bonchev–Trinajstić information content (AvgIpc) is 3.10. The molecule has 0 aliphatic carbocycles. The van der Waals surface area contributed by atoms with Crippen molar-refractivity contribution in [1.29, 1.82) is 0 Å². The van der Waals surface area contributed by atoms with Gasteiger partial charge in [0.25, 0.3) is 0 Å². The number of piperidine rings is 1. The molecule has 36 heavy (non-hydrogen) atoms. The van der Waals surface area contributed by atoms with E-state index in [-0.39, 0.29) is 29.4 Å². The first-order chi connectivity index (χ1) is 16.7. The van der Waals surface area contributed by atoms with Gasteiger partial charge >= 0.3 is 12.2 Å². The Balaban J connectivity index is 1.63. The van der Waals surface area contributed by atoms with Crippen LogP contribution in [0.4, 0.5) is 9.59 Å². The number of carbonyl (C=O) groups is 2. The zero-order valence-electron chi connectivity index (χ0n) is 23.5. The number of hydrogen-bond donors (Lipinski definition) is 0. The molecule has 2 amide bonds. The van der Waals surface area contributed by atoms with Crippen molar-refractivity contribution in [2.45, 2.75) is 96.7 Å². The van der Waals surface area contributed by atoms with E-state index < -0.39 is 13.9 Å². The number of hydrogen-bond acceptors (Lipinski definition) is 5. The molecule has 0 aromatic heterocycles. The number of ether oxygens (including phenoxy) is 2. The topological polar surface area (TPSA) is 68.3 Å². The lowest BCUT2D eigenvalue weighted by Gasteiger charge is -2.38. The van der Waals surface area contributed by atoms with E-state index in [1.165, 1.54) is 0 Å². The van der Waals surface area contributed by atoms with Gasteiger partial charge < -0.3 is 18.8 Å². The molecule has 1 aromatic carbocycles. The lowest BCUT2D eigenvalue weighted by molar-refractivity contribution is 0.0178. The van der Waals surface area contributed by atoms with Gasteiger partial charge in [0.05, 0.1) is 12.6 Å². The molecule has 2 heterocycles. The van der Waals surface area contributed by atoms with Gasteiger partial charge in [0.1, 0.15) is 5.60 Å². The Kier molecular flexibility index (Phi) is 8.81. The van der Waals surface area contributed by atoms with Crippen LogP contribution in [0.2, 0.25) is 18.1 Å². The smallest absolute Gasteiger partial charge is 0.410 e. The third-order valence-corrected chi connectivity index (χ3v) is 12.3. The van der Waals surface area contributed by atoms with Gasteiger partial charge in [-0.1, -0.05) is 51.1 Å². The second-order valence-corrected chi connectivity index (χ2v) is 17.6. The monoisotopic (exact) mass is 518 g/mol. The molecular weight excluding hydrogens is 472 g/mol. The molecular formula is C28H46N2O5Si. The molecule has 3 rings (SSSR count). The molecule has 2 aliphatic rings. The van der Waals surface area contributed by atoms with Crippen LogP contribution in [0.1, 0.15) is 72.5 Å². The predicted octanol–water partition coefficient (Wildman–Crippen LogP) is 6.61. The van der Waals surface area contributed by atoms with E-state index in [0.29, 0.717) is 32.2 Å². The summed E-state index contributed by atoms with van der Waals surface area (Å²) in [5, 5.41) is 0.0889. The molecule has 0 N–H and O–H groups in total. The van der Waals surface area contributed by atoms with Gasteiger partial charge in [-0.3, -0.25) is 4.90 Å². The first-order valence-electron chi connectivity index (χ1n) is 13.3. The minimum absolute atomic E-state index is 0.0889. The highest BCUT2D eigenvalue weighted by Gasteiger charge is 2.45. The Morgan fingerprint density at radius 3 is 2.22 bits per heavy atom. The lowest BCUT2D eigenvalue weighted by atomic mass is 9.93. The van der Waals surface area contributed by atoms with Crippen LogP contribution in [0, 0.1) is 5.92 Å². The van der Waals surface area contributed by atoms with Crippen LogP contribution in [0.5, 0.6) is 0 Å². The van der Waals surface area contributed by atoms with Gasteiger partial charge in [-0.05, 0) is 69.6 Å². The van der Waals surface area contributed by atoms with Crippen molar-refractivity contribution in [2.75, 3.05) is 26.2 Å². The summed E-state index contributed by atoms with van der Waals surface area (Å²) in [6, 6.07) is 9.82. The summed E-state index contributed by atoms with van der Waals surface area (Å²) in [5.41, 5.74) is 0.517. The van der Waals surface area contributed by atoms with E-state index in [9.17, 15) is 9.59 Å². The second kappa shape index (κ2) is 11.1. The van der Waals surface area contributed by atoms with Gasteiger partial charge in [0.15, 0.2) is 14.4 Å². The van der Waals surface area contributed by atoms with Gasteiger partial charge in [-0.25, -0.2) is 9.59 Å². The summed E-state index contributed by atoms with van der Waals surface area (Å²) in [5.74, 6) is 0.453. The highest BCUT2D eigenvalue weighted by atomic mass is 28.4. The third-order valence-electron chi connectivity index (χ3n) is 7.81. The van der Waals surface area contributed by atoms with Crippen molar-refractivity contribution < 1.29 is 23.5 Å². The first-order valence-corrected chi connectivity index (χ1v) is 16.2. The number of likely N-dealkylation sites (tertiary alicyclic amines) is 1. The summed E-state index contributed by atoms with van der Waals surface area (Å²) in [7, 11) is -1.99. The molecule has 0 radical (unpaired) electrons. The van der Waals surface area contributed by atoms with Crippen molar-refractivity contribution in [3.63, 3.8) is 0 Å². The average molecular weight is 519 g/mol. The SMILES string of the molecule is CC(C)(C)OC(=O)N1CCC(CCN2C(=O)OC(c3ccccc3)C2CO[Si](C)(C)C(C)(C)C)CC1. The summed E-state index contributed by atoms with van der Waals surface area (Å²) in [6.07, 6.45) is 1.87. The van der Waals surface area contributed by atoms with E-state index in [4.69, 9.17) is 13.9 Å². The normalized spacial score (nSPS) is 22.1. The molecule has 2 saturated heterocycles. The predicted molar refractivity (Wildman–Crippen MR) is 144 cm³/mol. The Morgan fingerprint density at radius 2 is 1.67 bits per heavy atom. The number of nitrogens with zero attached hydrogens (tertiary/aromatic N) is 2. The van der Waals surface area contributed by atoms with Crippen molar-refractivity contribution in [3.05, 3.63) is 35.9 Å². The molecule has 7 nitrogen and oxygen atoms in total. The fourth-order valence-corrected chi connectivity index (χ4v) is 5.50. The fraction of sp³-hybridized carbons (Fsp3) is 0.714. The minimum Gasteiger partial charge on any atom is -0.444 e. The van der Waals surface area contributed by atoms with E-state index in [1.807, 2.05) is 56.0 Å². The van der Waals surface area contributed by atoms with Crippen molar-refractivity contribution >= 4 is 20.5 Å². The summed E-state index contributed by atoms with van der Waals surface area (Å²) in [4.78, 5) is 29.1. The van der Waals surface area contributed by atoms with Crippen molar-refractivity contribution in [3.8, 4) is 0 Å². The lowest BCUT2D eigenvalue weighted by Crippen LogP contribution is -2.47. The standard InChI is InChI=1S/C28H46N2O5Si/c1-27(2,3)35-25(31)29-17-14-21(15-18-29)16-19-30-23(20-33-36(7,8)28(4,5)6)24(34-26(30)32)22-12-10-9-11-13-22/h9-13,21,23-24H,14-20H2,1-8H3. The van der Waals surface area contributed by atoms with E-state index >= 15 is 0 Å². The zero-order valence-corrected chi connectivity index (χ0v) is 24.5. The Labute approximate surface area is 218 Å². The summed E-state index contributed by atoms with van der Waals surface area (Å²) in [6.45, 7) is 19.3. The van der Waals surface area contributed by atoms with E-state index in [2.05, 4.69) is 33.9 Å². The third kappa shape index (κ3) is 7.25. The summed E-state index contributed by atoms with van der Waals surface area (Å²) < 4.78 is 18.0. The Bertz CT molecular complexity index is 885. The molecule has 2 aliphatic heterocycles. The molecule has 2 unspecified atom stereocenters. The van der Waals surface area contributed by atoms with E-state index in [0.717, 1.165) is 24.8 Å². The molecule has 0 saturated carbocycles. The quantitative estimate of drug-likeness (QED) is 0.380. The second-order valence-electron chi connectivity index (χ2n) is 12.7. The van der Waals surface area contributed by atoms with Gasteiger partial charge in [0, 0.05) is 19.6 Å². The van der Waals surface area contributed by atoms with E-state index in [1.54, 1.807) is 4.90 Å². The van der Waals surface area contributed by atoms with Crippen molar-refractivity contribution in [2.24, 2.45) is 5.92 Å². The number of carbonyl (C=O) groups excluding carboxylic acids is 2. The van der Waals surface area contributed by atoms with Crippen molar-refractivity contribution in [1.82, 2.24) is 9.80 Å². The largest absolute Gasteiger partial charge is 0.444 e. The van der Waals surface area contributed by atoms with Crippen LogP contribution in [-0.4, -0.2) is 68.2 Å². The number of cyclic esters (lactones) is 1. The molecule has 2 atom stereocenters. The summed E-state index contributed by atoms with van der Waals surface area (Å²) >= 11 is 0. The molecule has 202 valence electrons. The highest BCUT2D eigenvalue weighted by Crippen LogP contribution is 2.39. The first kappa shape index (κ1) is 28.5. The van der Waals surface area contributed by atoms with Crippen LogP contribution < -0.4 is 0 Å². The number of amides is 2. The fourth-order valence-electron chi connectivity index (χ4n) is 4.48. The molecule has 0 bridgehead atoms. The molecule has 2 fully saturated rings. The van der Waals surface area contributed by atoms with Crippen LogP contribution in [-0.2, 0) is 13.9 Å². The van der Waals surface area contributed by atoms with Gasteiger partial charge in [-0.2, -0.15) is 0 Å². The van der Waals surface area contributed by atoms with Crippen LogP contribution in [0.3, 0.4) is 0 Å². The Morgan fingerprint density at radius 1 is 1.06 bits per heavy atom. The van der Waals surface area contributed by atoms with Gasteiger partial charge in [0.2, 0.25) is 0 Å². The van der Waals surface area contributed by atoms with Crippen LogP contribution in [0.15, 0.2) is 30.3 Å². The van der Waals surface area contributed by atoms with Gasteiger partial charge in [-0.15, -0.1) is 0 Å². The molecule has 1 aromatic rings. The maximum atomic E-state index is 13.0. The van der Waals surface area contributed by atoms with Crippen LogP contribution >= 0.6 is 0 Å². The number of rotatable bonds is 7. The molecule has 0 spiro atoms. The maximum Gasteiger partial charge on any atom is 0.410 e. The minimum atomic E-state index is -1.99. The maximum absolute atomic E-state index is 13.0. The molecule has 8 heteroatoms. The van der Waals surface area contributed by atoms with Crippen LogP contribution in [0.25, 0.3) is 0 Å². The Hall–Kier alpha value is -2.06. The zero-order chi connectivity index (χ0) is 26.7. The number of benzene rings is 1. The highest BCUT2D eigenvalue weighted by molar-refractivity contribution is 6.74.